The minimum atomic E-state index is -0.314. The number of hydrogen-bond donors (Lipinski definition) is 1. The molecule has 0 unspecified atom stereocenters. The summed E-state index contributed by atoms with van der Waals surface area (Å²) in [5, 5.41) is 9.41. The number of aromatic amines is 1. The van der Waals surface area contributed by atoms with Gasteiger partial charge in [-0.25, -0.2) is 9.89 Å². The highest BCUT2D eigenvalue weighted by Gasteiger charge is 2.05. The summed E-state index contributed by atoms with van der Waals surface area (Å²) >= 11 is 0. The highest BCUT2D eigenvalue weighted by atomic mass is 16.2. The van der Waals surface area contributed by atoms with Crippen molar-refractivity contribution in [2.75, 3.05) is 0 Å². The van der Waals surface area contributed by atoms with Crippen LogP contribution in [-0.2, 0) is 6.42 Å². The average Bonchev–Trinajstić information content (AvgIpc) is 2.78. The van der Waals surface area contributed by atoms with E-state index in [0.717, 1.165) is 17.7 Å². The predicted molar refractivity (Wildman–Crippen MR) is 62.7 cm³/mol. The number of aromatic nitrogens is 4. The third-order valence-corrected chi connectivity index (χ3v) is 2.07. The number of nitrogens with one attached hydrogen (secondary N) is 1. The van der Waals surface area contributed by atoms with E-state index in [0.29, 0.717) is 0 Å². The van der Waals surface area contributed by atoms with E-state index in [1.165, 1.54) is 4.68 Å². The number of H-pyrrole nitrogens is 1. The molecule has 0 atom stereocenters. The fourth-order valence-corrected chi connectivity index (χ4v) is 1.37. The lowest BCUT2D eigenvalue weighted by atomic mass is 10.1. The van der Waals surface area contributed by atoms with Crippen molar-refractivity contribution in [2.45, 2.75) is 27.2 Å². The van der Waals surface area contributed by atoms with E-state index in [9.17, 15) is 4.79 Å². The summed E-state index contributed by atoms with van der Waals surface area (Å²) < 4.78 is 1.26. The van der Waals surface area contributed by atoms with Gasteiger partial charge in [-0.15, -0.1) is 0 Å². The smallest absolute Gasteiger partial charge is 0.244 e. The quantitative estimate of drug-likeness (QED) is 0.835. The number of nitrogens with zero attached hydrogens (tertiary/aromatic N) is 3. The Balaban J connectivity index is 0.000000606. The van der Waals surface area contributed by atoms with E-state index in [4.69, 9.17) is 0 Å². The summed E-state index contributed by atoms with van der Waals surface area (Å²) in [6, 6.07) is 7.63. The summed E-state index contributed by atoms with van der Waals surface area (Å²) in [7, 11) is 0. The van der Waals surface area contributed by atoms with Crippen molar-refractivity contribution in [3.05, 3.63) is 40.3 Å². The number of benzene rings is 1. The molecule has 0 aliphatic rings. The van der Waals surface area contributed by atoms with Gasteiger partial charge in [-0.2, -0.15) is 4.68 Å². The van der Waals surface area contributed by atoms with Gasteiger partial charge in [-0.05, 0) is 28.5 Å². The third-order valence-electron chi connectivity index (χ3n) is 2.07. The van der Waals surface area contributed by atoms with Crippen LogP contribution < -0.4 is 5.69 Å². The lowest BCUT2D eigenvalue weighted by molar-refractivity contribution is 0.771. The van der Waals surface area contributed by atoms with Crippen LogP contribution in [0, 0.1) is 0 Å². The SMILES string of the molecule is CC.CCc1ccccc1-n1nn[nH]c1=O. The van der Waals surface area contributed by atoms with Crippen LogP contribution >= 0.6 is 0 Å². The van der Waals surface area contributed by atoms with Crippen LogP contribution in [0.2, 0.25) is 0 Å². The number of rotatable bonds is 2. The van der Waals surface area contributed by atoms with Gasteiger partial charge in [-0.1, -0.05) is 39.0 Å². The molecule has 0 saturated carbocycles. The highest BCUT2D eigenvalue weighted by Crippen LogP contribution is 2.11. The van der Waals surface area contributed by atoms with Gasteiger partial charge in [0.1, 0.15) is 0 Å². The molecule has 0 bridgehead atoms. The van der Waals surface area contributed by atoms with Gasteiger partial charge in [0.05, 0.1) is 5.69 Å². The van der Waals surface area contributed by atoms with E-state index < -0.39 is 0 Å². The molecule has 1 aromatic heterocycles. The second-order valence-corrected chi connectivity index (χ2v) is 2.90. The first kappa shape index (κ1) is 12.2. The van der Waals surface area contributed by atoms with Gasteiger partial charge in [0.2, 0.25) is 0 Å². The van der Waals surface area contributed by atoms with Crippen molar-refractivity contribution in [1.29, 1.82) is 0 Å². The maximum absolute atomic E-state index is 11.3. The second-order valence-electron chi connectivity index (χ2n) is 2.90. The van der Waals surface area contributed by atoms with E-state index in [1.54, 1.807) is 0 Å². The topological polar surface area (TPSA) is 63.6 Å². The molecule has 2 aromatic rings. The summed E-state index contributed by atoms with van der Waals surface area (Å²) in [6.07, 6.45) is 0.857. The molecule has 5 heteroatoms. The molecule has 0 aliphatic carbocycles. The van der Waals surface area contributed by atoms with Crippen LogP contribution in [0.25, 0.3) is 5.69 Å². The van der Waals surface area contributed by atoms with Crippen LogP contribution in [0.4, 0.5) is 0 Å². The van der Waals surface area contributed by atoms with E-state index in [-0.39, 0.29) is 5.69 Å². The summed E-state index contributed by atoms with van der Waals surface area (Å²) in [5.41, 5.74) is 1.54. The number of hydrogen-bond acceptors (Lipinski definition) is 3. The molecule has 1 aromatic carbocycles. The van der Waals surface area contributed by atoms with Crippen LogP contribution in [0.1, 0.15) is 26.3 Å². The Hall–Kier alpha value is -1.91. The van der Waals surface area contributed by atoms with Gasteiger partial charge in [-0.3, -0.25) is 0 Å². The van der Waals surface area contributed by atoms with Gasteiger partial charge in [0.25, 0.3) is 0 Å². The Bertz CT molecular complexity index is 486. The zero-order chi connectivity index (χ0) is 12.0. The molecule has 5 nitrogen and oxygen atoms in total. The van der Waals surface area contributed by atoms with Crippen LogP contribution in [0.15, 0.2) is 29.1 Å². The molecule has 16 heavy (non-hydrogen) atoms. The first-order valence-electron chi connectivity index (χ1n) is 5.41. The molecule has 86 valence electrons. The zero-order valence-corrected chi connectivity index (χ0v) is 9.77. The molecule has 0 spiro atoms. The normalized spacial score (nSPS) is 9.44. The number of aryl methyl sites for hydroxylation is 1. The molecular weight excluding hydrogens is 204 g/mol. The van der Waals surface area contributed by atoms with Crippen LogP contribution in [-0.4, -0.2) is 20.2 Å². The highest BCUT2D eigenvalue weighted by molar-refractivity contribution is 5.39. The Morgan fingerprint density at radius 3 is 2.56 bits per heavy atom. The molecular formula is C11H16N4O. The number of tetrazole rings is 1. The second kappa shape index (κ2) is 5.85. The third kappa shape index (κ3) is 2.36. The first-order chi connectivity index (χ1) is 7.83. The molecule has 0 radical (unpaired) electrons. The fraction of sp³-hybridized carbons (Fsp3) is 0.364. The molecule has 1 N–H and O–H groups in total. The van der Waals surface area contributed by atoms with Crippen molar-refractivity contribution in [2.24, 2.45) is 0 Å². The van der Waals surface area contributed by atoms with Crippen molar-refractivity contribution in [1.82, 2.24) is 20.2 Å². The largest absolute Gasteiger partial charge is 0.365 e. The van der Waals surface area contributed by atoms with E-state index in [1.807, 2.05) is 45.0 Å². The maximum atomic E-state index is 11.3. The Morgan fingerprint density at radius 2 is 2.00 bits per heavy atom. The fourth-order valence-electron chi connectivity index (χ4n) is 1.37. The van der Waals surface area contributed by atoms with Crippen molar-refractivity contribution >= 4 is 0 Å². The molecule has 0 amide bonds. The van der Waals surface area contributed by atoms with Gasteiger partial charge < -0.3 is 0 Å². The standard InChI is InChI=1S/C9H10N4O.C2H6/c1-2-7-5-3-4-6-8(7)13-9(14)10-11-12-13;1-2/h3-6H,2H2,1H3,(H,10,12,14);1-2H3. The van der Waals surface area contributed by atoms with Crippen molar-refractivity contribution < 1.29 is 0 Å². The van der Waals surface area contributed by atoms with Gasteiger partial charge in [0, 0.05) is 0 Å². The molecule has 2 rings (SSSR count). The maximum Gasteiger partial charge on any atom is 0.365 e. The Morgan fingerprint density at radius 1 is 1.31 bits per heavy atom. The predicted octanol–water partition coefficient (Wildman–Crippen LogP) is 1.54. The minimum absolute atomic E-state index is 0.314. The van der Waals surface area contributed by atoms with Crippen molar-refractivity contribution in [3.63, 3.8) is 0 Å². The summed E-state index contributed by atoms with van der Waals surface area (Å²) in [4.78, 5) is 11.3. The van der Waals surface area contributed by atoms with Gasteiger partial charge >= 0.3 is 5.69 Å². The molecule has 0 aliphatic heterocycles. The Kier molecular flexibility index (Phi) is 4.44. The van der Waals surface area contributed by atoms with E-state index >= 15 is 0 Å². The average molecular weight is 220 g/mol. The van der Waals surface area contributed by atoms with E-state index in [2.05, 4.69) is 15.5 Å². The summed E-state index contributed by atoms with van der Waals surface area (Å²) in [6.45, 7) is 6.03. The molecule has 1 heterocycles. The minimum Gasteiger partial charge on any atom is -0.244 e. The molecule has 0 fully saturated rings. The van der Waals surface area contributed by atoms with Gasteiger partial charge in [0.15, 0.2) is 0 Å². The van der Waals surface area contributed by atoms with Crippen LogP contribution in [0.5, 0.6) is 0 Å². The Labute approximate surface area is 94.1 Å². The molecule has 0 saturated heterocycles. The first-order valence-corrected chi connectivity index (χ1v) is 5.41. The monoisotopic (exact) mass is 220 g/mol. The lowest BCUT2D eigenvalue weighted by Crippen LogP contribution is -2.17. The summed E-state index contributed by atoms with van der Waals surface area (Å²) in [5.74, 6) is 0. The lowest BCUT2D eigenvalue weighted by Gasteiger charge is -2.03. The van der Waals surface area contributed by atoms with Crippen LogP contribution in [0.3, 0.4) is 0 Å². The van der Waals surface area contributed by atoms with Crippen molar-refractivity contribution in [3.8, 4) is 5.69 Å². The number of para-hydroxylation sites is 1. The zero-order valence-electron chi connectivity index (χ0n) is 9.77.